The van der Waals surface area contributed by atoms with E-state index in [4.69, 9.17) is 5.73 Å². The topological polar surface area (TPSA) is 38.0 Å². The molecule has 0 atom stereocenters. The highest BCUT2D eigenvalue weighted by Gasteiger charge is 1.95. The molecule has 28 heavy (non-hydrogen) atoms. The van der Waals surface area contributed by atoms with Crippen LogP contribution in [0.4, 0.5) is 17.1 Å². The molecule has 5 aromatic carbocycles. The number of para-hydroxylation sites is 1. The van der Waals surface area contributed by atoms with Crippen molar-refractivity contribution in [2.24, 2.45) is 0 Å². The molecule has 0 radical (unpaired) electrons. The molecule has 0 saturated heterocycles. The summed E-state index contributed by atoms with van der Waals surface area (Å²) < 4.78 is 0. The zero-order valence-corrected chi connectivity index (χ0v) is 15.5. The first-order valence-electron chi connectivity index (χ1n) is 9.33. The van der Waals surface area contributed by atoms with Crippen LogP contribution < -0.4 is 11.1 Å². The summed E-state index contributed by atoms with van der Waals surface area (Å²) in [7, 11) is 0. The molecule has 0 saturated carbocycles. The van der Waals surface area contributed by atoms with Gasteiger partial charge in [0.2, 0.25) is 0 Å². The summed E-state index contributed by atoms with van der Waals surface area (Å²) in [6, 6.07) is 39.1. The maximum atomic E-state index is 5.59. The molecule has 0 amide bonds. The molecule has 0 bridgehead atoms. The van der Waals surface area contributed by atoms with Gasteiger partial charge in [0, 0.05) is 17.1 Å². The SMILES string of the molecule is Nc1ccc(Nc2ccccc2)cc1.c1ccc2cc3ccccc3cc2c1. The molecule has 0 aliphatic carbocycles. The lowest BCUT2D eigenvalue weighted by Gasteiger charge is -2.05. The van der Waals surface area contributed by atoms with Gasteiger partial charge in [-0.15, -0.1) is 0 Å². The van der Waals surface area contributed by atoms with E-state index in [0.717, 1.165) is 17.1 Å². The van der Waals surface area contributed by atoms with Crippen LogP contribution in [0.1, 0.15) is 0 Å². The predicted molar refractivity (Wildman–Crippen MR) is 122 cm³/mol. The summed E-state index contributed by atoms with van der Waals surface area (Å²) in [5.74, 6) is 0. The Morgan fingerprint density at radius 2 is 0.821 bits per heavy atom. The lowest BCUT2D eigenvalue weighted by molar-refractivity contribution is 1.55. The van der Waals surface area contributed by atoms with Crippen LogP contribution in [0.15, 0.2) is 115 Å². The predicted octanol–water partition coefficient (Wildman–Crippen LogP) is 7.01. The lowest BCUT2D eigenvalue weighted by atomic mass is 10.0. The van der Waals surface area contributed by atoms with Gasteiger partial charge in [-0.05, 0) is 70.1 Å². The van der Waals surface area contributed by atoms with Crippen LogP contribution in [0.2, 0.25) is 0 Å². The van der Waals surface area contributed by atoms with E-state index in [1.165, 1.54) is 21.5 Å². The van der Waals surface area contributed by atoms with E-state index in [1.54, 1.807) is 0 Å². The fraction of sp³-hybridized carbons (Fsp3) is 0. The van der Waals surface area contributed by atoms with Crippen molar-refractivity contribution in [1.82, 2.24) is 0 Å². The van der Waals surface area contributed by atoms with Gasteiger partial charge in [-0.1, -0.05) is 66.7 Å². The Hall–Kier alpha value is -3.78. The Balaban J connectivity index is 0.000000137. The van der Waals surface area contributed by atoms with E-state index in [1.807, 2.05) is 54.6 Å². The van der Waals surface area contributed by atoms with Gasteiger partial charge < -0.3 is 11.1 Å². The molecule has 0 heterocycles. The summed E-state index contributed by atoms with van der Waals surface area (Å²) in [4.78, 5) is 0. The van der Waals surface area contributed by atoms with E-state index in [9.17, 15) is 0 Å². The number of nitrogens with two attached hydrogens (primary N) is 1. The minimum Gasteiger partial charge on any atom is -0.399 e. The summed E-state index contributed by atoms with van der Waals surface area (Å²) in [5.41, 5.74) is 8.50. The highest BCUT2D eigenvalue weighted by atomic mass is 14.9. The Morgan fingerprint density at radius 1 is 0.429 bits per heavy atom. The molecule has 2 heteroatoms. The Kier molecular flexibility index (Phi) is 5.21. The van der Waals surface area contributed by atoms with Crippen LogP contribution in [0.5, 0.6) is 0 Å². The Labute approximate surface area is 165 Å². The Morgan fingerprint density at radius 3 is 1.29 bits per heavy atom. The van der Waals surface area contributed by atoms with Crippen molar-refractivity contribution < 1.29 is 0 Å². The van der Waals surface area contributed by atoms with Crippen molar-refractivity contribution in [2.45, 2.75) is 0 Å². The van der Waals surface area contributed by atoms with Gasteiger partial charge in [-0.25, -0.2) is 0 Å². The molecule has 5 rings (SSSR count). The number of hydrogen-bond donors (Lipinski definition) is 2. The first-order valence-corrected chi connectivity index (χ1v) is 9.33. The number of benzene rings is 5. The monoisotopic (exact) mass is 362 g/mol. The normalized spacial score (nSPS) is 10.3. The fourth-order valence-electron chi connectivity index (χ4n) is 3.14. The van der Waals surface area contributed by atoms with Gasteiger partial charge in [-0.3, -0.25) is 0 Å². The largest absolute Gasteiger partial charge is 0.399 e. The smallest absolute Gasteiger partial charge is 0.0385 e. The molecular formula is C26H22N2. The molecule has 0 aliphatic heterocycles. The number of rotatable bonds is 2. The lowest BCUT2D eigenvalue weighted by Crippen LogP contribution is -1.90. The van der Waals surface area contributed by atoms with Crippen molar-refractivity contribution in [3.63, 3.8) is 0 Å². The van der Waals surface area contributed by atoms with Gasteiger partial charge in [0.25, 0.3) is 0 Å². The minimum atomic E-state index is 0.781. The molecule has 3 N–H and O–H groups in total. The standard InChI is InChI=1S/C14H10.C12H12N2/c1-2-6-12-10-14-8-4-3-7-13(14)9-11(12)5-1;13-10-6-8-12(9-7-10)14-11-4-2-1-3-5-11/h1-10H;1-9,14H,13H2. The molecule has 2 nitrogen and oxygen atoms in total. The van der Waals surface area contributed by atoms with Crippen molar-refractivity contribution in [3.05, 3.63) is 115 Å². The average Bonchev–Trinajstić information content (AvgIpc) is 2.75. The molecule has 0 fully saturated rings. The van der Waals surface area contributed by atoms with Gasteiger partial charge in [-0.2, -0.15) is 0 Å². The number of fused-ring (bicyclic) bond motifs is 2. The van der Waals surface area contributed by atoms with Gasteiger partial charge >= 0.3 is 0 Å². The quantitative estimate of drug-likeness (QED) is 0.262. The minimum absolute atomic E-state index is 0.781. The maximum Gasteiger partial charge on any atom is 0.0385 e. The number of nitrogens with one attached hydrogen (secondary N) is 1. The summed E-state index contributed by atoms with van der Waals surface area (Å²) >= 11 is 0. The molecule has 136 valence electrons. The number of hydrogen-bond acceptors (Lipinski definition) is 2. The van der Waals surface area contributed by atoms with Crippen LogP contribution >= 0.6 is 0 Å². The fourth-order valence-corrected chi connectivity index (χ4v) is 3.14. The molecule has 0 aromatic heterocycles. The van der Waals surface area contributed by atoms with E-state index >= 15 is 0 Å². The second kappa shape index (κ2) is 8.28. The third-order valence-electron chi connectivity index (χ3n) is 4.59. The van der Waals surface area contributed by atoms with Crippen LogP contribution in [-0.4, -0.2) is 0 Å². The molecule has 0 unspecified atom stereocenters. The second-order valence-corrected chi connectivity index (χ2v) is 6.66. The molecule has 0 aliphatic rings. The second-order valence-electron chi connectivity index (χ2n) is 6.66. The third-order valence-corrected chi connectivity index (χ3v) is 4.59. The summed E-state index contributed by atoms with van der Waals surface area (Å²) in [6.07, 6.45) is 0. The van der Waals surface area contributed by atoms with Gasteiger partial charge in [0.1, 0.15) is 0 Å². The highest BCUT2D eigenvalue weighted by Crippen LogP contribution is 2.22. The van der Waals surface area contributed by atoms with E-state index in [-0.39, 0.29) is 0 Å². The zero-order valence-electron chi connectivity index (χ0n) is 15.5. The van der Waals surface area contributed by atoms with Crippen molar-refractivity contribution in [1.29, 1.82) is 0 Å². The first-order chi connectivity index (χ1) is 13.8. The molecule has 5 aromatic rings. The summed E-state index contributed by atoms with van der Waals surface area (Å²) in [5, 5.41) is 8.52. The zero-order chi connectivity index (χ0) is 19.2. The van der Waals surface area contributed by atoms with Crippen molar-refractivity contribution in [3.8, 4) is 0 Å². The number of nitrogen functional groups attached to an aromatic ring is 1. The van der Waals surface area contributed by atoms with Crippen LogP contribution in [0.25, 0.3) is 21.5 Å². The summed E-state index contributed by atoms with van der Waals surface area (Å²) in [6.45, 7) is 0. The van der Waals surface area contributed by atoms with E-state index in [2.05, 4.69) is 66.0 Å². The average molecular weight is 362 g/mol. The molecule has 0 spiro atoms. The van der Waals surface area contributed by atoms with Crippen molar-refractivity contribution in [2.75, 3.05) is 11.1 Å². The third kappa shape index (κ3) is 4.30. The van der Waals surface area contributed by atoms with Crippen LogP contribution in [0.3, 0.4) is 0 Å². The van der Waals surface area contributed by atoms with E-state index < -0.39 is 0 Å². The Bertz CT molecular complexity index is 1070. The number of anilines is 3. The van der Waals surface area contributed by atoms with Gasteiger partial charge in [0.15, 0.2) is 0 Å². The maximum absolute atomic E-state index is 5.59. The highest BCUT2D eigenvalue weighted by molar-refractivity contribution is 5.98. The van der Waals surface area contributed by atoms with Crippen molar-refractivity contribution >= 4 is 38.6 Å². The first kappa shape index (κ1) is 17.6. The van der Waals surface area contributed by atoms with Crippen LogP contribution in [0, 0.1) is 0 Å². The van der Waals surface area contributed by atoms with Gasteiger partial charge in [0.05, 0.1) is 0 Å². The van der Waals surface area contributed by atoms with E-state index in [0.29, 0.717) is 0 Å². The molecular weight excluding hydrogens is 340 g/mol. The van der Waals surface area contributed by atoms with Crippen LogP contribution in [-0.2, 0) is 0 Å².